The maximum atomic E-state index is 13.2. The Morgan fingerprint density at radius 3 is 2.72 bits per heavy atom. The molecule has 0 aliphatic carbocycles. The highest BCUT2D eigenvalue weighted by Gasteiger charge is 2.33. The number of aromatic nitrogens is 2. The van der Waals surface area contributed by atoms with Crippen molar-refractivity contribution < 1.29 is 4.79 Å². The van der Waals surface area contributed by atoms with Crippen molar-refractivity contribution in [2.45, 2.75) is 59.2 Å². The van der Waals surface area contributed by atoms with Crippen LogP contribution in [0.15, 0.2) is 30.3 Å². The molecule has 1 amide bonds. The number of nitrogens with zero attached hydrogens (tertiary/aromatic N) is 2. The number of hydrogen-bond acceptors (Lipinski definition) is 3. The Balaban J connectivity index is 1.94. The zero-order valence-electron chi connectivity index (χ0n) is 15.4. The van der Waals surface area contributed by atoms with Gasteiger partial charge in [-0.3, -0.25) is 9.48 Å². The normalized spacial score (nSPS) is 15.0. The van der Waals surface area contributed by atoms with Crippen LogP contribution in [0.3, 0.4) is 0 Å². The summed E-state index contributed by atoms with van der Waals surface area (Å²) in [5.74, 6) is -0.0565. The first-order valence-corrected chi connectivity index (χ1v) is 9.12. The fraction of sp³-hybridized carbons (Fsp3) is 0.500. The Bertz CT molecular complexity index is 749. The van der Waals surface area contributed by atoms with Gasteiger partial charge in [-0.15, -0.1) is 0 Å². The van der Waals surface area contributed by atoms with Gasteiger partial charge in [-0.25, -0.2) is 0 Å². The van der Waals surface area contributed by atoms with E-state index in [2.05, 4.69) is 43.3 Å². The summed E-state index contributed by atoms with van der Waals surface area (Å²) in [5.41, 5.74) is 9.33. The van der Waals surface area contributed by atoms with Crippen LogP contribution in [0.25, 0.3) is 0 Å². The van der Waals surface area contributed by atoms with Gasteiger partial charge < -0.3 is 11.1 Å². The van der Waals surface area contributed by atoms with E-state index in [0.29, 0.717) is 11.3 Å². The van der Waals surface area contributed by atoms with Gasteiger partial charge in [0.2, 0.25) is 0 Å². The van der Waals surface area contributed by atoms with E-state index in [4.69, 9.17) is 5.73 Å². The Hall–Kier alpha value is -2.14. The molecular formula is C20H28N4O. The number of carbonyl (C=O) groups excluding carboxylic acids is 1. The monoisotopic (exact) mass is 340 g/mol. The lowest BCUT2D eigenvalue weighted by Crippen LogP contribution is -2.38. The number of carbonyl (C=O) groups is 1. The second-order valence-corrected chi connectivity index (χ2v) is 7.46. The third kappa shape index (κ3) is 3.33. The van der Waals surface area contributed by atoms with E-state index in [1.807, 2.05) is 22.9 Å². The van der Waals surface area contributed by atoms with Gasteiger partial charge in [0.25, 0.3) is 5.91 Å². The van der Waals surface area contributed by atoms with Crippen molar-refractivity contribution in [2.24, 2.45) is 11.1 Å². The molecule has 0 radical (unpaired) electrons. The maximum Gasteiger partial charge on any atom is 0.255 e. The lowest BCUT2D eigenvalue weighted by atomic mass is 9.78. The highest BCUT2D eigenvalue weighted by Crippen LogP contribution is 2.36. The second-order valence-electron chi connectivity index (χ2n) is 7.46. The molecule has 1 aromatic heterocycles. The molecule has 0 saturated heterocycles. The van der Waals surface area contributed by atoms with E-state index < -0.39 is 0 Å². The van der Waals surface area contributed by atoms with E-state index in [9.17, 15) is 4.79 Å². The van der Waals surface area contributed by atoms with Gasteiger partial charge in [0.15, 0.2) is 0 Å². The summed E-state index contributed by atoms with van der Waals surface area (Å²) in [6.45, 7) is 7.70. The minimum Gasteiger partial charge on any atom is -0.345 e. The highest BCUT2D eigenvalue weighted by atomic mass is 16.1. The van der Waals surface area contributed by atoms with Gasteiger partial charge in [-0.2, -0.15) is 5.10 Å². The molecule has 0 spiro atoms. The Kier molecular flexibility index (Phi) is 4.95. The predicted octanol–water partition coefficient (Wildman–Crippen LogP) is 3.20. The number of rotatable bonds is 6. The first-order chi connectivity index (χ1) is 12.0. The molecule has 1 aliphatic rings. The zero-order chi connectivity index (χ0) is 18.0. The number of nitrogens with one attached hydrogen (secondary N) is 1. The number of nitrogens with two attached hydrogens (primary N) is 1. The summed E-state index contributed by atoms with van der Waals surface area (Å²) >= 11 is 0. The van der Waals surface area contributed by atoms with Crippen LogP contribution in [0.4, 0.5) is 0 Å². The van der Waals surface area contributed by atoms with Crippen molar-refractivity contribution in [3.63, 3.8) is 0 Å². The fourth-order valence-corrected chi connectivity index (χ4v) is 3.57. The number of fused-ring (bicyclic) bond motifs is 1. The Morgan fingerprint density at radius 2 is 2.08 bits per heavy atom. The largest absolute Gasteiger partial charge is 0.345 e. The summed E-state index contributed by atoms with van der Waals surface area (Å²) in [7, 11) is 0. The van der Waals surface area contributed by atoms with Gasteiger partial charge in [-0.05, 0) is 30.2 Å². The van der Waals surface area contributed by atoms with Crippen LogP contribution in [0.2, 0.25) is 0 Å². The first-order valence-electron chi connectivity index (χ1n) is 9.12. The van der Waals surface area contributed by atoms with Crippen molar-refractivity contribution in [2.75, 3.05) is 0 Å². The van der Waals surface area contributed by atoms with E-state index in [1.54, 1.807) is 0 Å². The third-order valence-corrected chi connectivity index (χ3v) is 5.44. The topological polar surface area (TPSA) is 72.9 Å². The molecule has 1 unspecified atom stereocenters. The smallest absolute Gasteiger partial charge is 0.255 e. The predicted molar refractivity (Wildman–Crippen MR) is 99.2 cm³/mol. The van der Waals surface area contributed by atoms with Crippen LogP contribution in [-0.4, -0.2) is 15.7 Å². The number of amides is 1. The SMILES string of the molecule is CCC(C)(C)C(NC(=O)c1c(CN)nn2c1CCC2)c1ccccc1. The van der Waals surface area contributed by atoms with Crippen LogP contribution >= 0.6 is 0 Å². The van der Waals surface area contributed by atoms with Gasteiger partial charge in [0, 0.05) is 13.1 Å². The number of aryl methyl sites for hydroxylation is 1. The Morgan fingerprint density at radius 1 is 1.36 bits per heavy atom. The van der Waals surface area contributed by atoms with E-state index in [-0.39, 0.29) is 23.9 Å². The van der Waals surface area contributed by atoms with Crippen molar-refractivity contribution in [3.8, 4) is 0 Å². The van der Waals surface area contributed by atoms with E-state index in [0.717, 1.165) is 37.1 Å². The molecule has 25 heavy (non-hydrogen) atoms. The van der Waals surface area contributed by atoms with Crippen LogP contribution in [-0.2, 0) is 19.5 Å². The minimum atomic E-state index is -0.0613. The average Bonchev–Trinajstić information content (AvgIpc) is 3.20. The molecule has 3 rings (SSSR count). The standard InChI is InChI=1S/C20H28N4O/c1-4-20(2,3)18(14-9-6-5-7-10-14)22-19(25)17-15(13-21)23-24-12-8-11-16(17)24/h5-7,9-10,18H,4,8,11-13,21H2,1-3H3,(H,22,25). The molecule has 3 N–H and O–H groups in total. The minimum absolute atomic E-state index is 0.0565. The molecule has 5 nitrogen and oxygen atoms in total. The summed E-state index contributed by atoms with van der Waals surface area (Å²) in [6.07, 6.45) is 2.89. The van der Waals surface area contributed by atoms with Crippen LogP contribution in [0, 0.1) is 5.41 Å². The van der Waals surface area contributed by atoms with Crippen LogP contribution in [0.1, 0.15) is 67.0 Å². The third-order valence-electron chi connectivity index (χ3n) is 5.44. The molecule has 1 aliphatic heterocycles. The Labute approximate surface area is 149 Å². The fourth-order valence-electron chi connectivity index (χ4n) is 3.57. The molecule has 2 aromatic rings. The molecule has 5 heteroatoms. The summed E-state index contributed by atoms with van der Waals surface area (Å²) < 4.78 is 1.94. The maximum absolute atomic E-state index is 13.2. The van der Waals surface area contributed by atoms with Crippen LogP contribution in [0.5, 0.6) is 0 Å². The van der Waals surface area contributed by atoms with Gasteiger partial charge >= 0.3 is 0 Å². The molecule has 1 atom stereocenters. The zero-order valence-corrected chi connectivity index (χ0v) is 15.4. The van der Waals surface area contributed by atoms with Crippen molar-refractivity contribution in [3.05, 3.63) is 52.8 Å². The molecule has 0 bridgehead atoms. The lowest BCUT2D eigenvalue weighted by molar-refractivity contribution is 0.0889. The van der Waals surface area contributed by atoms with Crippen molar-refractivity contribution >= 4 is 5.91 Å². The van der Waals surface area contributed by atoms with Crippen molar-refractivity contribution in [1.82, 2.24) is 15.1 Å². The second kappa shape index (κ2) is 7.00. The average molecular weight is 340 g/mol. The molecular weight excluding hydrogens is 312 g/mol. The van der Waals surface area contributed by atoms with E-state index >= 15 is 0 Å². The number of benzene rings is 1. The van der Waals surface area contributed by atoms with Crippen molar-refractivity contribution in [1.29, 1.82) is 0 Å². The lowest BCUT2D eigenvalue weighted by Gasteiger charge is -2.34. The molecule has 134 valence electrons. The first kappa shape index (κ1) is 17.7. The quantitative estimate of drug-likeness (QED) is 0.848. The van der Waals surface area contributed by atoms with Gasteiger partial charge in [-0.1, -0.05) is 51.1 Å². The molecule has 1 aromatic carbocycles. The molecule has 0 saturated carbocycles. The number of hydrogen-bond donors (Lipinski definition) is 2. The van der Waals surface area contributed by atoms with Crippen LogP contribution < -0.4 is 11.1 Å². The van der Waals surface area contributed by atoms with E-state index in [1.165, 1.54) is 0 Å². The summed E-state index contributed by atoms with van der Waals surface area (Å²) in [5, 5.41) is 7.81. The molecule has 0 fully saturated rings. The summed E-state index contributed by atoms with van der Waals surface area (Å²) in [6, 6.07) is 10.1. The summed E-state index contributed by atoms with van der Waals surface area (Å²) in [4.78, 5) is 13.2. The highest BCUT2D eigenvalue weighted by molar-refractivity contribution is 5.97. The van der Waals surface area contributed by atoms with Gasteiger partial charge in [0.1, 0.15) is 0 Å². The molecule has 2 heterocycles. The van der Waals surface area contributed by atoms with Gasteiger partial charge in [0.05, 0.1) is 23.0 Å².